The van der Waals surface area contributed by atoms with Gasteiger partial charge < -0.3 is 38.5 Å². The number of aromatic nitrogens is 2. The van der Waals surface area contributed by atoms with Gasteiger partial charge in [0.2, 0.25) is 0 Å². The van der Waals surface area contributed by atoms with Gasteiger partial charge in [0, 0.05) is 55.3 Å². The molecule has 2 fully saturated rings. The number of aliphatic hydroxyl groups excluding tert-OH is 1. The predicted octanol–water partition coefficient (Wildman–Crippen LogP) is 3.09. The Kier molecular flexibility index (Phi) is 9.79. The van der Waals surface area contributed by atoms with Crippen molar-refractivity contribution in [2.75, 3.05) is 7.11 Å². The Balaban J connectivity index is 1.27. The first-order valence-electron chi connectivity index (χ1n) is 16.5. The Hall–Kier alpha value is -4.33. The van der Waals surface area contributed by atoms with E-state index >= 15 is 0 Å². The molecule has 0 amide bonds. The van der Waals surface area contributed by atoms with E-state index in [-0.39, 0.29) is 18.9 Å². The minimum absolute atomic E-state index is 0.144. The van der Waals surface area contributed by atoms with Crippen LogP contribution in [0, 0.1) is 29.6 Å². The van der Waals surface area contributed by atoms with Gasteiger partial charge in [-0.15, -0.1) is 0 Å². The molecule has 2 aromatic rings. The van der Waals surface area contributed by atoms with Gasteiger partial charge in [-0.2, -0.15) is 0 Å². The number of ether oxygens (including phenoxy) is 6. The van der Waals surface area contributed by atoms with E-state index in [0.717, 1.165) is 5.57 Å². The first-order valence-corrected chi connectivity index (χ1v) is 16.5. The number of carbonyl (C=O) groups excluding carboxylic acids is 4. The molecular weight excluding hydrogens is 636 g/mol. The van der Waals surface area contributed by atoms with Crippen LogP contribution in [0.2, 0.25) is 0 Å². The van der Waals surface area contributed by atoms with Crippen LogP contribution in [0.3, 0.4) is 0 Å². The number of aromatic amines is 1. The highest BCUT2D eigenvalue weighted by molar-refractivity contribution is 6.29. The number of nitrogens with zero attached hydrogens (tertiary/aromatic N) is 1. The highest BCUT2D eigenvalue weighted by Crippen LogP contribution is 2.61. The standard InChI is InChI=1S/C36H42N2O11/c1-18-15-19(2)36-23(8-9-24-27(36)28(39)20(3)30(31(24)49-36)48-32(40)25-7-6-12-38-25)16-26(44-5)33(41)47-29(18)21(4)46-35(43)34(42)45-17-22-10-13-37-14-11-22/h6-15,18,20-21,23-24,26-31,38-39H,16-17H2,1-5H3/b19-15+/t18-,20-,21-,23-,24?,26+,27?,28?,29+,30-,31-,36+/m1/s1. The van der Waals surface area contributed by atoms with Gasteiger partial charge in [0.25, 0.3) is 0 Å². The number of pyridine rings is 1. The topological polar surface area (TPSA) is 173 Å². The Bertz CT molecular complexity index is 1610. The lowest BCUT2D eigenvalue weighted by atomic mass is 9.57. The van der Waals surface area contributed by atoms with Crippen molar-refractivity contribution >= 4 is 23.9 Å². The van der Waals surface area contributed by atoms with E-state index in [1.807, 2.05) is 32.1 Å². The zero-order valence-electron chi connectivity index (χ0n) is 28.0. The molecule has 12 atom stereocenters. The molecule has 1 saturated heterocycles. The molecule has 4 aliphatic rings. The first kappa shape index (κ1) is 34.5. The minimum atomic E-state index is -1.23. The van der Waals surface area contributed by atoms with Crippen LogP contribution in [0.4, 0.5) is 0 Å². The molecule has 2 aliphatic carbocycles. The van der Waals surface area contributed by atoms with E-state index in [0.29, 0.717) is 11.3 Å². The Labute approximate surface area is 283 Å². The van der Waals surface area contributed by atoms with Gasteiger partial charge in [0.15, 0.2) is 6.10 Å². The molecule has 0 aromatic carbocycles. The highest BCUT2D eigenvalue weighted by atomic mass is 16.6. The third-order valence-corrected chi connectivity index (χ3v) is 10.5. The van der Waals surface area contributed by atoms with E-state index in [1.165, 1.54) is 26.4 Å². The summed E-state index contributed by atoms with van der Waals surface area (Å²) < 4.78 is 35.2. The van der Waals surface area contributed by atoms with Crippen LogP contribution in [0.5, 0.6) is 0 Å². The summed E-state index contributed by atoms with van der Waals surface area (Å²) in [5, 5.41) is 11.9. The van der Waals surface area contributed by atoms with Gasteiger partial charge in [-0.3, -0.25) is 4.98 Å². The molecule has 262 valence electrons. The average molecular weight is 679 g/mol. The Morgan fingerprint density at radius 2 is 1.90 bits per heavy atom. The van der Waals surface area contributed by atoms with Gasteiger partial charge in [-0.05, 0) is 55.7 Å². The normalized spacial score (nSPS) is 36.7. The number of nitrogens with one attached hydrogen (secondary N) is 1. The maximum atomic E-state index is 13.6. The second-order valence-corrected chi connectivity index (χ2v) is 13.4. The number of hydrogen-bond donors (Lipinski definition) is 2. The van der Waals surface area contributed by atoms with Crippen molar-refractivity contribution in [2.45, 2.75) is 82.9 Å². The number of carbonyl (C=O) groups is 4. The monoisotopic (exact) mass is 678 g/mol. The Morgan fingerprint density at radius 1 is 1.14 bits per heavy atom. The zero-order valence-corrected chi connectivity index (χ0v) is 28.0. The number of methoxy groups -OCH3 is 1. The molecule has 1 saturated carbocycles. The van der Waals surface area contributed by atoms with Crippen molar-refractivity contribution in [1.82, 2.24) is 9.97 Å². The summed E-state index contributed by atoms with van der Waals surface area (Å²) >= 11 is 0. The minimum Gasteiger partial charge on any atom is -0.456 e. The third kappa shape index (κ3) is 6.30. The summed E-state index contributed by atoms with van der Waals surface area (Å²) in [6.45, 7) is 6.95. The van der Waals surface area contributed by atoms with Crippen molar-refractivity contribution < 1.29 is 52.7 Å². The van der Waals surface area contributed by atoms with E-state index in [4.69, 9.17) is 28.4 Å². The quantitative estimate of drug-likeness (QED) is 0.190. The molecule has 2 aromatic heterocycles. The summed E-state index contributed by atoms with van der Waals surface area (Å²) in [5.74, 6) is -5.72. The summed E-state index contributed by atoms with van der Waals surface area (Å²) in [6.07, 6.45) is 5.44. The number of esters is 4. The largest absolute Gasteiger partial charge is 0.456 e. The van der Waals surface area contributed by atoms with Crippen molar-refractivity contribution in [3.8, 4) is 0 Å². The predicted molar refractivity (Wildman–Crippen MR) is 170 cm³/mol. The van der Waals surface area contributed by atoms with Crippen molar-refractivity contribution in [1.29, 1.82) is 0 Å². The molecule has 1 spiro atoms. The van der Waals surface area contributed by atoms with Gasteiger partial charge in [-0.25, -0.2) is 19.2 Å². The van der Waals surface area contributed by atoms with Gasteiger partial charge >= 0.3 is 23.9 Å². The number of rotatable bonds is 7. The molecule has 13 heteroatoms. The molecule has 3 unspecified atom stereocenters. The first-order chi connectivity index (χ1) is 23.5. The number of cyclic esters (lactones) is 1. The van der Waals surface area contributed by atoms with E-state index in [2.05, 4.69) is 9.97 Å². The molecule has 2 N–H and O–H groups in total. The van der Waals surface area contributed by atoms with Gasteiger partial charge in [-0.1, -0.05) is 32.1 Å². The van der Waals surface area contributed by atoms with Gasteiger partial charge in [0.1, 0.15) is 42.3 Å². The molecule has 49 heavy (non-hydrogen) atoms. The molecule has 13 nitrogen and oxygen atoms in total. The van der Waals surface area contributed by atoms with Crippen molar-refractivity contribution in [3.63, 3.8) is 0 Å². The van der Waals surface area contributed by atoms with E-state index < -0.39 is 89.8 Å². The molecular formula is C36H42N2O11. The van der Waals surface area contributed by atoms with Crippen LogP contribution >= 0.6 is 0 Å². The summed E-state index contributed by atoms with van der Waals surface area (Å²) in [4.78, 5) is 58.7. The summed E-state index contributed by atoms with van der Waals surface area (Å²) in [6, 6.07) is 6.62. The maximum Gasteiger partial charge on any atom is 0.417 e. The van der Waals surface area contributed by atoms with Gasteiger partial charge in [0.05, 0.1) is 6.10 Å². The lowest BCUT2D eigenvalue weighted by molar-refractivity contribution is -0.184. The SMILES string of the molecule is CO[C@H]1C[C@H]2C=CC3C4C(O)[C@@H](C)[C@@H](OC(=O)c5ccc[nH]5)[C@@H]3O[C@]42/C(C)=C/[C@@H](C)[C@@H]([C@@H](C)OC(=O)C(=O)OCc2ccncc2)OC1=O. The molecule has 4 heterocycles. The van der Waals surface area contributed by atoms with Crippen LogP contribution in [0.15, 0.2) is 66.7 Å². The average Bonchev–Trinajstić information content (AvgIpc) is 3.70. The highest BCUT2D eigenvalue weighted by Gasteiger charge is 2.69. The van der Waals surface area contributed by atoms with Crippen LogP contribution < -0.4 is 0 Å². The second-order valence-electron chi connectivity index (χ2n) is 13.4. The lowest BCUT2D eigenvalue weighted by Gasteiger charge is -2.48. The van der Waals surface area contributed by atoms with E-state index in [1.54, 1.807) is 37.4 Å². The number of aliphatic hydroxyl groups is 1. The smallest absolute Gasteiger partial charge is 0.417 e. The van der Waals surface area contributed by atoms with Crippen molar-refractivity contribution in [2.24, 2.45) is 29.6 Å². The fraction of sp³-hybridized carbons (Fsp3) is 0.528. The second kappa shape index (κ2) is 13.9. The summed E-state index contributed by atoms with van der Waals surface area (Å²) in [5.41, 5.74) is 0.646. The molecule has 0 radical (unpaired) electrons. The summed E-state index contributed by atoms with van der Waals surface area (Å²) in [7, 11) is 1.41. The number of hydrogen-bond acceptors (Lipinski definition) is 12. The van der Waals surface area contributed by atoms with Crippen LogP contribution in [-0.2, 0) is 49.4 Å². The van der Waals surface area contributed by atoms with Crippen LogP contribution in [0.1, 0.15) is 50.2 Å². The molecule has 2 aliphatic heterocycles. The van der Waals surface area contributed by atoms with Crippen molar-refractivity contribution in [3.05, 3.63) is 77.9 Å². The third-order valence-electron chi connectivity index (χ3n) is 10.5. The zero-order chi connectivity index (χ0) is 35.0. The lowest BCUT2D eigenvalue weighted by Crippen LogP contribution is -2.57. The molecule has 6 rings (SSSR count). The fourth-order valence-corrected chi connectivity index (χ4v) is 8.10. The fourth-order valence-electron chi connectivity index (χ4n) is 8.10. The number of H-pyrrole nitrogens is 1. The maximum absolute atomic E-state index is 13.6. The van der Waals surface area contributed by atoms with E-state index in [9.17, 15) is 24.3 Å². The van der Waals surface area contributed by atoms with Crippen LogP contribution in [0.25, 0.3) is 0 Å². The Morgan fingerprint density at radius 3 is 2.59 bits per heavy atom. The van der Waals surface area contributed by atoms with Crippen LogP contribution in [-0.4, -0.2) is 88.3 Å². The molecule has 4 bridgehead atoms.